The van der Waals surface area contributed by atoms with E-state index in [1.165, 1.54) is 5.56 Å². The Labute approximate surface area is 152 Å². The van der Waals surface area contributed by atoms with Gasteiger partial charge in [-0.1, -0.05) is 48.4 Å². The first-order valence-electron chi connectivity index (χ1n) is 8.38. The van der Waals surface area contributed by atoms with Crippen LogP contribution in [0, 0.1) is 0 Å². The van der Waals surface area contributed by atoms with Crippen molar-refractivity contribution >= 4 is 6.21 Å². The zero-order valence-corrected chi connectivity index (χ0v) is 15.0. The smallest absolute Gasteiger partial charge is 0.267 e. The van der Waals surface area contributed by atoms with E-state index in [0.717, 1.165) is 16.9 Å². The summed E-state index contributed by atoms with van der Waals surface area (Å²) < 4.78 is 10.3. The third-order valence-corrected chi connectivity index (χ3v) is 3.88. The summed E-state index contributed by atoms with van der Waals surface area (Å²) in [6.07, 6.45) is 1.66. The Bertz CT molecular complexity index is 853. The molecule has 0 amide bonds. The Kier molecular flexibility index (Phi) is 5.63. The minimum absolute atomic E-state index is 0.115. The molecule has 1 heterocycles. The molecule has 0 bridgehead atoms. The second-order valence-electron chi connectivity index (χ2n) is 6.07. The summed E-state index contributed by atoms with van der Waals surface area (Å²) in [7, 11) is 1.62. The predicted octanol–water partition coefficient (Wildman–Crippen LogP) is 4.42. The first-order valence-corrected chi connectivity index (χ1v) is 8.38. The number of nitrogens with zero attached hydrogens (tertiary/aromatic N) is 3. The van der Waals surface area contributed by atoms with Crippen molar-refractivity contribution in [3.05, 3.63) is 65.5 Å². The van der Waals surface area contributed by atoms with Crippen molar-refractivity contribution in [2.75, 3.05) is 7.11 Å². The second-order valence-corrected chi connectivity index (χ2v) is 6.07. The van der Waals surface area contributed by atoms with Crippen LogP contribution in [0.5, 0.6) is 5.75 Å². The first kappa shape index (κ1) is 17.7. The standard InChI is InChI=1S/C20H21N3O3/c1-14(2)16-6-4-15(5-7-16)12-21-25-13-19-22-20(23-26-19)17-8-10-18(24-3)11-9-17/h4-12,14H,13H2,1-3H3/b21-12-. The molecule has 0 aliphatic heterocycles. The van der Waals surface area contributed by atoms with Crippen molar-refractivity contribution in [1.82, 2.24) is 10.1 Å². The van der Waals surface area contributed by atoms with E-state index in [0.29, 0.717) is 17.6 Å². The summed E-state index contributed by atoms with van der Waals surface area (Å²) in [4.78, 5) is 9.53. The molecule has 26 heavy (non-hydrogen) atoms. The van der Waals surface area contributed by atoms with Crippen LogP contribution in [0.4, 0.5) is 0 Å². The van der Waals surface area contributed by atoms with Gasteiger partial charge in [0.1, 0.15) is 5.75 Å². The summed E-state index contributed by atoms with van der Waals surface area (Å²) in [6, 6.07) is 15.6. The van der Waals surface area contributed by atoms with Gasteiger partial charge in [-0.25, -0.2) is 0 Å². The van der Waals surface area contributed by atoms with Crippen molar-refractivity contribution in [2.45, 2.75) is 26.4 Å². The van der Waals surface area contributed by atoms with Gasteiger partial charge < -0.3 is 14.1 Å². The Morgan fingerprint density at radius 1 is 1.08 bits per heavy atom. The monoisotopic (exact) mass is 351 g/mol. The molecule has 2 aromatic carbocycles. The quantitative estimate of drug-likeness (QED) is 0.465. The van der Waals surface area contributed by atoms with E-state index in [1.54, 1.807) is 13.3 Å². The van der Waals surface area contributed by atoms with Crippen LogP contribution in [-0.4, -0.2) is 23.5 Å². The van der Waals surface area contributed by atoms with E-state index in [4.69, 9.17) is 14.1 Å². The van der Waals surface area contributed by atoms with Crippen LogP contribution >= 0.6 is 0 Å². The zero-order valence-electron chi connectivity index (χ0n) is 15.0. The van der Waals surface area contributed by atoms with Crippen LogP contribution in [-0.2, 0) is 11.4 Å². The van der Waals surface area contributed by atoms with Crippen LogP contribution in [0.25, 0.3) is 11.4 Å². The summed E-state index contributed by atoms with van der Waals surface area (Å²) >= 11 is 0. The Balaban J connectivity index is 1.54. The molecule has 0 aliphatic carbocycles. The van der Waals surface area contributed by atoms with Gasteiger partial charge in [-0.05, 0) is 41.3 Å². The minimum Gasteiger partial charge on any atom is -0.497 e. The maximum atomic E-state index is 5.24. The molecule has 0 atom stereocenters. The third kappa shape index (κ3) is 4.47. The molecule has 6 heteroatoms. The molecule has 0 saturated carbocycles. The van der Waals surface area contributed by atoms with E-state index >= 15 is 0 Å². The van der Waals surface area contributed by atoms with E-state index in [-0.39, 0.29) is 6.61 Å². The highest BCUT2D eigenvalue weighted by Gasteiger charge is 2.09. The topological polar surface area (TPSA) is 69.7 Å². The number of ether oxygens (including phenoxy) is 1. The first-order chi connectivity index (χ1) is 12.7. The van der Waals surface area contributed by atoms with Crippen LogP contribution < -0.4 is 4.74 Å². The highest BCUT2D eigenvalue weighted by molar-refractivity contribution is 5.79. The minimum atomic E-state index is 0.115. The van der Waals surface area contributed by atoms with Crippen LogP contribution in [0.3, 0.4) is 0 Å². The van der Waals surface area contributed by atoms with E-state index in [9.17, 15) is 0 Å². The number of aromatic nitrogens is 2. The molecule has 0 saturated heterocycles. The van der Waals surface area contributed by atoms with E-state index in [2.05, 4.69) is 41.3 Å². The lowest BCUT2D eigenvalue weighted by atomic mass is 10.0. The van der Waals surface area contributed by atoms with E-state index in [1.807, 2.05) is 36.4 Å². The molecule has 0 spiro atoms. The Hall–Kier alpha value is -3.15. The predicted molar refractivity (Wildman–Crippen MR) is 99.2 cm³/mol. The number of hydrogen-bond acceptors (Lipinski definition) is 6. The van der Waals surface area contributed by atoms with E-state index < -0.39 is 0 Å². The van der Waals surface area contributed by atoms with Gasteiger partial charge in [-0.2, -0.15) is 4.98 Å². The van der Waals surface area contributed by atoms with Gasteiger partial charge in [0.15, 0.2) is 6.61 Å². The number of oxime groups is 1. The van der Waals surface area contributed by atoms with Gasteiger partial charge >= 0.3 is 0 Å². The maximum Gasteiger partial charge on any atom is 0.267 e. The Morgan fingerprint density at radius 3 is 2.46 bits per heavy atom. The van der Waals surface area contributed by atoms with Crippen LogP contribution in [0.15, 0.2) is 58.2 Å². The average molecular weight is 351 g/mol. The molecule has 0 aliphatic rings. The molecule has 6 nitrogen and oxygen atoms in total. The van der Waals surface area contributed by atoms with Crippen molar-refractivity contribution in [3.8, 4) is 17.1 Å². The molecule has 134 valence electrons. The average Bonchev–Trinajstić information content (AvgIpc) is 3.14. The van der Waals surface area contributed by atoms with Gasteiger partial charge in [-0.15, -0.1) is 0 Å². The van der Waals surface area contributed by atoms with Gasteiger partial charge in [0.2, 0.25) is 5.82 Å². The van der Waals surface area contributed by atoms with Gasteiger partial charge in [0.05, 0.1) is 13.3 Å². The lowest BCUT2D eigenvalue weighted by Crippen LogP contribution is -1.90. The fraction of sp³-hybridized carbons (Fsp3) is 0.250. The fourth-order valence-electron chi connectivity index (χ4n) is 2.33. The van der Waals surface area contributed by atoms with Gasteiger partial charge in [0, 0.05) is 5.56 Å². The highest BCUT2D eigenvalue weighted by Crippen LogP contribution is 2.20. The lowest BCUT2D eigenvalue weighted by Gasteiger charge is -2.04. The van der Waals surface area contributed by atoms with Gasteiger partial charge in [0.25, 0.3) is 5.89 Å². The molecule has 0 fully saturated rings. The Morgan fingerprint density at radius 2 is 1.81 bits per heavy atom. The number of methoxy groups -OCH3 is 1. The third-order valence-electron chi connectivity index (χ3n) is 3.88. The highest BCUT2D eigenvalue weighted by atomic mass is 16.6. The van der Waals surface area contributed by atoms with Crippen molar-refractivity contribution in [3.63, 3.8) is 0 Å². The summed E-state index contributed by atoms with van der Waals surface area (Å²) in [5, 5.41) is 7.89. The molecule has 1 aromatic heterocycles. The fourth-order valence-corrected chi connectivity index (χ4v) is 2.33. The number of benzene rings is 2. The number of hydrogen-bond donors (Lipinski definition) is 0. The summed E-state index contributed by atoms with van der Waals surface area (Å²) in [5.74, 6) is 2.15. The molecular weight excluding hydrogens is 330 g/mol. The maximum absolute atomic E-state index is 5.24. The second kappa shape index (κ2) is 8.29. The van der Waals surface area contributed by atoms with Crippen LogP contribution in [0.2, 0.25) is 0 Å². The number of rotatable bonds is 7. The van der Waals surface area contributed by atoms with Gasteiger partial charge in [-0.3, -0.25) is 0 Å². The molecule has 3 aromatic rings. The molecular formula is C20H21N3O3. The van der Waals surface area contributed by atoms with Crippen molar-refractivity contribution in [2.24, 2.45) is 5.16 Å². The molecule has 0 radical (unpaired) electrons. The lowest BCUT2D eigenvalue weighted by molar-refractivity contribution is 0.107. The zero-order chi connectivity index (χ0) is 18.4. The molecule has 0 unspecified atom stereocenters. The molecule has 0 N–H and O–H groups in total. The van der Waals surface area contributed by atoms with Crippen molar-refractivity contribution < 1.29 is 14.1 Å². The normalized spacial score (nSPS) is 11.2. The largest absolute Gasteiger partial charge is 0.497 e. The molecule has 3 rings (SSSR count). The van der Waals surface area contributed by atoms with Crippen LogP contribution in [0.1, 0.15) is 36.8 Å². The van der Waals surface area contributed by atoms with Crippen molar-refractivity contribution in [1.29, 1.82) is 0 Å². The SMILES string of the molecule is COc1ccc(-c2noc(CO/N=C\c3ccc(C(C)C)cc3)n2)cc1. The summed E-state index contributed by atoms with van der Waals surface area (Å²) in [5.41, 5.74) is 3.10. The summed E-state index contributed by atoms with van der Waals surface area (Å²) in [6.45, 7) is 4.44.